The quantitative estimate of drug-likeness (QED) is 0.662. The fourth-order valence-electron chi connectivity index (χ4n) is 4.59. The molecular weight excluding hydrogens is 404 g/mol. The zero-order valence-corrected chi connectivity index (χ0v) is 18.2. The minimum absolute atomic E-state index is 0.214. The topological polar surface area (TPSA) is 109 Å². The third-order valence-corrected chi connectivity index (χ3v) is 6.30. The fourth-order valence-corrected chi connectivity index (χ4v) is 4.59. The minimum Gasteiger partial charge on any atom is -0.374 e. The average Bonchev–Trinajstić information content (AvgIpc) is 3.38. The highest BCUT2D eigenvalue weighted by molar-refractivity contribution is 5.78. The molecule has 3 atom stereocenters. The van der Waals surface area contributed by atoms with Crippen LogP contribution in [-0.2, 0) is 9.53 Å². The summed E-state index contributed by atoms with van der Waals surface area (Å²) in [5, 5.41) is 4.46. The molecule has 0 spiro atoms. The van der Waals surface area contributed by atoms with E-state index in [1.807, 2.05) is 26.8 Å². The van der Waals surface area contributed by atoms with E-state index in [2.05, 4.69) is 10.1 Å². The number of halogens is 2. The summed E-state index contributed by atoms with van der Waals surface area (Å²) in [5.74, 6) is -4.18. The number of carbonyl (C=O) groups excluding carboxylic acids is 1. The van der Waals surface area contributed by atoms with Gasteiger partial charge in [-0.15, -0.1) is 0 Å². The first-order valence-corrected chi connectivity index (χ1v) is 10.9. The lowest BCUT2D eigenvalue weighted by Crippen LogP contribution is -2.46. The van der Waals surface area contributed by atoms with Crippen molar-refractivity contribution >= 4 is 11.6 Å². The smallest absolute Gasteiger partial charge is 0.248 e. The van der Waals surface area contributed by atoms with Crippen LogP contribution in [0.4, 0.5) is 8.78 Å². The van der Waals surface area contributed by atoms with Crippen molar-refractivity contribution in [3.8, 4) is 0 Å². The summed E-state index contributed by atoms with van der Waals surface area (Å²) in [5.41, 5.74) is 13.7. The van der Waals surface area contributed by atoms with Gasteiger partial charge in [0.2, 0.25) is 11.8 Å². The molecule has 31 heavy (non-hydrogen) atoms. The Morgan fingerprint density at radius 1 is 1.32 bits per heavy atom. The molecule has 4 rings (SSSR count). The molecule has 2 aromatic heterocycles. The van der Waals surface area contributed by atoms with Crippen LogP contribution in [0.15, 0.2) is 18.5 Å². The molecule has 9 heteroatoms. The summed E-state index contributed by atoms with van der Waals surface area (Å²) in [6.07, 6.45) is 4.81. The van der Waals surface area contributed by atoms with E-state index < -0.39 is 29.7 Å². The number of imidazole rings is 1. The predicted octanol–water partition coefficient (Wildman–Crippen LogP) is 3.18. The Balaban J connectivity index is 1.59. The molecule has 7 nitrogen and oxygen atoms in total. The van der Waals surface area contributed by atoms with E-state index in [0.29, 0.717) is 17.9 Å². The van der Waals surface area contributed by atoms with Crippen molar-refractivity contribution in [2.45, 2.75) is 69.9 Å². The monoisotopic (exact) mass is 435 g/mol. The van der Waals surface area contributed by atoms with Gasteiger partial charge in [-0.2, -0.15) is 5.10 Å². The van der Waals surface area contributed by atoms with Crippen LogP contribution in [0.1, 0.15) is 69.7 Å². The molecule has 0 aliphatic heterocycles. The van der Waals surface area contributed by atoms with Crippen LogP contribution in [0.25, 0.3) is 5.65 Å². The number of nitrogens with zero attached hydrogens (tertiary/aromatic N) is 3. The van der Waals surface area contributed by atoms with E-state index in [1.165, 1.54) is 0 Å². The highest BCUT2D eigenvalue weighted by Gasteiger charge is 2.54. The second-order valence-electron chi connectivity index (χ2n) is 10.1. The van der Waals surface area contributed by atoms with Gasteiger partial charge >= 0.3 is 0 Å². The number of nitrogens with two attached hydrogens (primary N) is 2. The van der Waals surface area contributed by atoms with Crippen LogP contribution in [-0.4, -0.2) is 38.6 Å². The van der Waals surface area contributed by atoms with E-state index in [4.69, 9.17) is 16.2 Å². The molecule has 0 saturated heterocycles. The Morgan fingerprint density at radius 2 is 2.00 bits per heavy atom. The van der Waals surface area contributed by atoms with Gasteiger partial charge in [-0.05, 0) is 57.1 Å². The van der Waals surface area contributed by atoms with Crippen molar-refractivity contribution in [2.75, 3.05) is 6.61 Å². The molecule has 0 aromatic carbocycles. The minimum atomic E-state index is -2.70. The molecule has 170 valence electrons. The van der Waals surface area contributed by atoms with Crippen LogP contribution in [0, 0.1) is 17.8 Å². The van der Waals surface area contributed by atoms with E-state index in [9.17, 15) is 13.6 Å². The zero-order chi connectivity index (χ0) is 22.6. The molecule has 2 saturated carbocycles. The molecular formula is C22H31F2N5O2. The highest BCUT2D eigenvalue weighted by Crippen LogP contribution is 2.55. The number of primary amides is 1. The standard InChI is InChI=1S/C22H31F2N5O2/c1-21(2,3)31-11-15(25)16-10-29-17(28-16)6-13(9-27-29)18(12-4-5-12)19(20(26)30)14-7-22(23,24)8-14/h6,9-10,12,14-15,18-19H,4-5,7-8,11,25H2,1-3H3,(H2,26,30)/t15-,18-,19?/m0/s1. The first kappa shape index (κ1) is 22.1. The molecule has 2 heterocycles. The number of hydrogen-bond acceptors (Lipinski definition) is 5. The summed E-state index contributed by atoms with van der Waals surface area (Å²) >= 11 is 0. The van der Waals surface area contributed by atoms with Crippen LogP contribution in [0.5, 0.6) is 0 Å². The number of fused-ring (bicyclic) bond motifs is 1. The van der Waals surface area contributed by atoms with Gasteiger partial charge in [0.25, 0.3) is 0 Å². The number of carbonyl (C=O) groups is 1. The van der Waals surface area contributed by atoms with Crippen LogP contribution < -0.4 is 11.5 Å². The Kier molecular flexibility index (Phi) is 5.54. The maximum Gasteiger partial charge on any atom is 0.248 e. The second kappa shape index (κ2) is 7.78. The Bertz CT molecular complexity index is 958. The average molecular weight is 436 g/mol. The second-order valence-corrected chi connectivity index (χ2v) is 10.1. The van der Waals surface area contributed by atoms with Gasteiger partial charge < -0.3 is 16.2 Å². The van der Waals surface area contributed by atoms with E-state index in [1.54, 1.807) is 16.9 Å². The van der Waals surface area contributed by atoms with E-state index in [-0.39, 0.29) is 30.3 Å². The Morgan fingerprint density at radius 3 is 2.55 bits per heavy atom. The fraction of sp³-hybridized carbons (Fsp3) is 0.682. The summed E-state index contributed by atoms with van der Waals surface area (Å²) in [7, 11) is 0. The van der Waals surface area contributed by atoms with Crippen molar-refractivity contribution in [2.24, 2.45) is 29.2 Å². The zero-order valence-electron chi connectivity index (χ0n) is 18.2. The highest BCUT2D eigenvalue weighted by atomic mass is 19.3. The molecule has 0 bridgehead atoms. The third kappa shape index (κ3) is 4.87. The predicted molar refractivity (Wildman–Crippen MR) is 111 cm³/mol. The number of rotatable bonds is 8. The molecule has 2 aliphatic rings. The lowest BCUT2D eigenvalue weighted by Gasteiger charge is -2.42. The summed E-state index contributed by atoms with van der Waals surface area (Å²) < 4.78 is 34.4. The van der Waals surface area contributed by atoms with Crippen LogP contribution >= 0.6 is 0 Å². The van der Waals surface area contributed by atoms with Gasteiger partial charge in [0.05, 0.1) is 36.3 Å². The third-order valence-electron chi connectivity index (χ3n) is 6.30. The molecule has 0 radical (unpaired) electrons. The molecule has 2 aliphatic carbocycles. The van der Waals surface area contributed by atoms with Crippen molar-refractivity contribution in [1.29, 1.82) is 0 Å². The molecule has 2 aromatic rings. The maximum atomic E-state index is 13.5. The molecule has 4 N–H and O–H groups in total. The van der Waals surface area contributed by atoms with Crippen molar-refractivity contribution in [1.82, 2.24) is 14.6 Å². The number of amides is 1. The number of hydrogen-bond donors (Lipinski definition) is 2. The molecule has 1 unspecified atom stereocenters. The van der Waals surface area contributed by atoms with Gasteiger partial charge in [-0.3, -0.25) is 4.79 Å². The van der Waals surface area contributed by atoms with Gasteiger partial charge in [0, 0.05) is 24.7 Å². The summed E-state index contributed by atoms with van der Waals surface area (Å²) in [6, 6.07) is 1.48. The first-order chi connectivity index (χ1) is 14.4. The van der Waals surface area contributed by atoms with E-state index >= 15 is 0 Å². The molecule has 2 fully saturated rings. The number of alkyl halides is 2. The van der Waals surface area contributed by atoms with Crippen molar-refractivity contribution in [3.05, 3.63) is 29.7 Å². The van der Waals surface area contributed by atoms with Crippen LogP contribution in [0.2, 0.25) is 0 Å². The Hall–Kier alpha value is -2.13. The molecule has 1 amide bonds. The number of ether oxygens (including phenoxy) is 1. The SMILES string of the molecule is CC(C)(C)OC[C@H](N)c1cn2ncc([C@H](C3CC3)C(C(N)=O)C3CC(F)(F)C3)cc2n1. The Labute approximate surface area is 180 Å². The number of aromatic nitrogens is 3. The van der Waals surface area contributed by atoms with Gasteiger partial charge in [0.15, 0.2) is 5.65 Å². The van der Waals surface area contributed by atoms with E-state index in [0.717, 1.165) is 18.4 Å². The summed E-state index contributed by atoms with van der Waals surface area (Å²) in [4.78, 5) is 16.9. The van der Waals surface area contributed by atoms with Gasteiger partial charge in [-0.1, -0.05) is 0 Å². The van der Waals surface area contributed by atoms with Crippen molar-refractivity contribution in [3.63, 3.8) is 0 Å². The van der Waals surface area contributed by atoms with Crippen molar-refractivity contribution < 1.29 is 18.3 Å². The maximum absolute atomic E-state index is 13.5. The van der Waals surface area contributed by atoms with Gasteiger partial charge in [-0.25, -0.2) is 18.3 Å². The lowest BCUT2D eigenvalue weighted by atomic mass is 9.65. The first-order valence-electron chi connectivity index (χ1n) is 10.9. The largest absolute Gasteiger partial charge is 0.374 e. The van der Waals surface area contributed by atoms with Crippen LogP contribution in [0.3, 0.4) is 0 Å². The lowest BCUT2D eigenvalue weighted by molar-refractivity contribution is -0.146. The normalized spacial score (nSPS) is 22.1. The summed E-state index contributed by atoms with van der Waals surface area (Å²) in [6.45, 7) is 6.21. The van der Waals surface area contributed by atoms with Gasteiger partial charge in [0.1, 0.15) is 0 Å².